The molecule has 1 N–H and O–H groups in total. The Morgan fingerprint density at radius 2 is 2.15 bits per heavy atom. The monoisotopic (exact) mass is 476 g/mol. The van der Waals surface area contributed by atoms with Crippen molar-refractivity contribution in [2.45, 2.75) is 33.1 Å². The molecule has 1 aliphatic heterocycles. The number of rotatable bonds is 8. The van der Waals surface area contributed by atoms with Crippen LogP contribution in [0.1, 0.15) is 41.6 Å². The number of likely N-dealkylation sites (N-methyl/N-ethyl adjacent to an activating group) is 1. The number of carbonyl (C=O) groups excluding carboxylic acids is 4. The fourth-order valence-corrected chi connectivity index (χ4v) is 4.27. The van der Waals surface area contributed by atoms with Crippen LogP contribution in [0.5, 0.6) is 0 Å². The first-order chi connectivity index (χ1) is 15.8. The number of nitrogens with zero attached hydrogens (tertiary/aromatic N) is 3. The van der Waals surface area contributed by atoms with Gasteiger partial charge in [0.15, 0.2) is 5.13 Å². The van der Waals surface area contributed by atoms with Crippen molar-refractivity contribution in [1.29, 1.82) is 0 Å². The zero-order valence-electron chi connectivity index (χ0n) is 19.0. The van der Waals surface area contributed by atoms with Gasteiger partial charge in [-0.05, 0) is 32.8 Å². The van der Waals surface area contributed by atoms with Crippen LogP contribution in [0, 0.1) is 12.8 Å². The summed E-state index contributed by atoms with van der Waals surface area (Å²) in [5.74, 6) is -0.906. The van der Waals surface area contributed by atoms with Gasteiger partial charge in [-0.2, -0.15) is 0 Å². The summed E-state index contributed by atoms with van der Waals surface area (Å²) in [4.78, 5) is 56.8. The minimum Gasteiger partial charge on any atom is -0.469 e. The maximum atomic E-state index is 12.7. The Balaban J connectivity index is 1.49. The molecule has 178 valence electrons. The zero-order chi connectivity index (χ0) is 24.0. The van der Waals surface area contributed by atoms with Crippen molar-refractivity contribution in [2.24, 2.45) is 5.92 Å². The van der Waals surface area contributed by atoms with Crippen molar-refractivity contribution >= 4 is 40.2 Å². The number of thiazole rings is 1. The molecule has 3 heterocycles. The standard InChI is InChI=1S/C22H28N4O6S/c1-4-31-21(30)15-6-5-8-26(11-15)19(28)12-25(3)18(27)10-16-13-33-22(23-16)24-20(29)17-7-9-32-14(17)2/h7,9,13,15H,4-6,8,10-12H2,1-3H3,(H,23,24,29). The van der Waals surface area contributed by atoms with E-state index in [4.69, 9.17) is 9.15 Å². The molecule has 3 rings (SSSR count). The first kappa shape index (κ1) is 24.4. The van der Waals surface area contributed by atoms with E-state index in [9.17, 15) is 19.2 Å². The van der Waals surface area contributed by atoms with Crippen molar-refractivity contribution in [3.8, 4) is 0 Å². The van der Waals surface area contributed by atoms with Crippen LogP contribution in [-0.2, 0) is 25.5 Å². The first-order valence-electron chi connectivity index (χ1n) is 10.8. The van der Waals surface area contributed by atoms with Crippen LogP contribution >= 0.6 is 11.3 Å². The minimum atomic E-state index is -0.334. The summed E-state index contributed by atoms with van der Waals surface area (Å²) >= 11 is 1.21. The maximum Gasteiger partial charge on any atom is 0.310 e. The number of hydrogen-bond acceptors (Lipinski definition) is 8. The summed E-state index contributed by atoms with van der Waals surface area (Å²) in [6.45, 7) is 4.54. The highest BCUT2D eigenvalue weighted by atomic mass is 32.1. The van der Waals surface area contributed by atoms with E-state index in [0.29, 0.717) is 48.3 Å². The second-order valence-electron chi connectivity index (χ2n) is 7.85. The number of piperidine rings is 1. The Labute approximate surface area is 195 Å². The molecule has 10 nitrogen and oxygen atoms in total. The van der Waals surface area contributed by atoms with Gasteiger partial charge < -0.3 is 19.0 Å². The first-order valence-corrected chi connectivity index (χ1v) is 11.6. The van der Waals surface area contributed by atoms with Gasteiger partial charge in [0, 0.05) is 25.5 Å². The maximum absolute atomic E-state index is 12.7. The quantitative estimate of drug-likeness (QED) is 0.579. The Hall–Kier alpha value is -3.21. The van der Waals surface area contributed by atoms with Gasteiger partial charge in [0.05, 0.1) is 43.0 Å². The van der Waals surface area contributed by atoms with Gasteiger partial charge in [-0.1, -0.05) is 0 Å². The lowest BCUT2D eigenvalue weighted by molar-refractivity contribution is -0.152. The van der Waals surface area contributed by atoms with E-state index in [-0.39, 0.29) is 42.6 Å². The molecular weight excluding hydrogens is 448 g/mol. The third-order valence-corrected chi connectivity index (χ3v) is 6.21. The third-order valence-electron chi connectivity index (χ3n) is 5.40. The van der Waals surface area contributed by atoms with E-state index in [0.717, 1.165) is 6.42 Å². The summed E-state index contributed by atoms with van der Waals surface area (Å²) in [6, 6.07) is 1.58. The molecule has 0 saturated carbocycles. The van der Waals surface area contributed by atoms with E-state index in [1.165, 1.54) is 22.5 Å². The van der Waals surface area contributed by atoms with Crippen molar-refractivity contribution in [3.05, 3.63) is 34.7 Å². The summed E-state index contributed by atoms with van der Waals surface area (Å²) in [5, 5.41) is 4.76. The Bertz CT molecular complexity index is 1020. The number of aryl methyl sites for hydroxylation is 1. The number of ether oxygens (including phenoxy) is 1. The molecule has 2 aromatic rings. The molecule has 1 aliphatic rings. The molecule has 1 saturated heterocycles. The number of hydrogen-bond donors (Lipinski definition) is 1. The highest BCUT2D eigenvalue weighted by Crippen LogP contribution is 2.20. The smallest absolute Gasteiger partial charge is 0.310 e. The fraction of sp³-hybridized carbons (Fsp3) is 0.500. The molecular formula is C22H28N4O6S. The summed E-state index contributed by atoms with van der Waals surface area (Å²) in [6.07, 6.45) is 2.86. The van der Waals surface area contributed by atoms with Gasteiger partial charge in [0.2, 0.25) is 11.8 Å². The Morgan fingerprint density at radius 3 is 2.85 bits per heavy atom. The van der Waals surface area contributed by atoms with Gasteiger partial charge in [-0.3, -0.25) is 24.5 Å². The molecule has 1 atom stereocenters. The predicted molar refractivity (Wildman–Crippen MR) is 121 cm³/mol. The zero-order valence-corrected chi connectivity index (χ0v) is 19.8. The topological polar surface area (TPSA) is 122 Å². The molecule has 0 radical (unpaired) electrons. The average Bonchev–Trinajstić information content (AvgIpc) is 3.42. The number of likely N-dealkylation sites (tertiary alicyclic amines) is 1. The molecule has 33 heavy (non-hydrogen) atoms. The number of esters is 1. The van der Waals surface area contributed by atoms with Crippen LogP contribution in [0.25, 0.3) is 0 Å². The second kappa shape index (κ2) is 11.1. The van der Waals surface area contributed by atoms with Crippen LogP contribution in [0.4, 0.5) is 5.13 Å². The van der Waals surface area contributed by atoms with E-state index in [2.05, 4.69) is 10.3 Å². The lowest BCUT2D eigenvalue weighted by Crippen LogP contribution is -2.47. The molecule has 0 bridgehead atoms. The Kier molecular flexibility index (Phi) is 8.21. The Morgan fingerprint density at radius 1 is 1.36 bits per heavy atom. The highest BCUT2D eigenvalue weighted by molar-refractivity contribution is 7.14. The molecule has 1 fully saturated rings. The average molecular weight is 477 g/mol. The fourth-order valence-electron chi connectivity index (χ4n) is 3.57. The lowest BCUT2D eigenvalue weighted by Gasteiger charge is -2.32. The largest absolute Gasteiger partial charge is 0.469 e. The molecule has 0 spiro atoms. The number of nitrogens with one attached hydrogen (secondary N) is 1. The van der Waals surface area contributed by atoms with Crippen molar-refractivity contribution in [1.82, 2.24) is 14.8 Å². The number of aromatic nitrogens is 1. The van der Waals surface area contributed by atoms with E-state index in [1.54, 1.807) is 37.2 Å². The van der Waals surface area contributed by atoms with Gasteiger partial charge in [-0.15, -0.1) is 11.3 Å². The number of furan rings is 1. The minimum absolute atomic E-state index is 0.00629. The predicted octanol–water partition coefficient (Wildman–Crippen LogP) is 2.10. The van der Waals surface area contributed by atoms with Gasteiger partial charge in [-0.25, -0.2) is 4.98 Å². The van der Waals surface area contributed by atoms with Crippen molar-refractivity contribution in [2.75, 3.05) is 38.6 Å². The molecule has 2 aromatic heterocycles. The normalized spacial score (nSPS) is 15.7. The lowest BCUT2D eigenvalue weighted by atomic mass is 9.98. The number of carbonyl (C=O) groups is 4. The number of anilines is 1. The van der Waals surface area contributed by atoms with E-state index < -0.39 is 0 Å². The van der Waals surface area contributed by atoms with Crippen molar-refractivity contribution in [3.63, 3.8) is 0 Å². The van der Waals surface area contributed by atoms with Crippen LogP contribution < -0.4 is 5.32 Å². The summed E-state index contributed by atoms with van der Waals surface area (Å²) in [5.41, 5.74) is 0.924. The van der Waals surface area contributed by atoms with Crippen LogP contribution in [0.15, 0.2) is 22.1 Å². The van der Waals surface area contributed by atoms with Crippen LogP contribution in [-0.4, -0.2) is 71.8 Å². The summed E-state index contributed by atoms with van der Waals surface area (Å²) in [7, 11) is 1.56. The van der Waals surface area contributed by atoms with Gasteiger partial charge in [0.1, 0.15) is 5.76 Å². The van der Waals surface area contributed by atoms with Crippen LogP contribution in [0.2, 0.25) is 0 Å². The SMILES string of the molecule is CCOC(=O)C1CCCN(C(=O)CN(C)C(=O)Cc2csc(NC(=O)c3ccoc3C)n2)C1. The molecule has 0 aliphatic carbocycles. The molecule has 1 unspecified atom stereocenters. The van der Waals surface area contributed by atoms with Crippen LogP contribution in [0.3, 0.4) is 0 Å². The van der Waals surface area contributed by atoms with E-state index >= 15 is 0 Å². The van der Waals surface area contributed by atoms with Crippen molar-refractivity contribution < 1.29 is 28.3 Å². The summed E-state index contributed by atoms with van der Waals surface area (Å²) < 4.78 is 10.2. The highest BCUT2D eigenvalue weighted by Gasteiger charge is 2.30. The van der Waals surface area contributed by atoms with Gasteiger partial charge in [0.25, 0.3) is 5.91 Å². The number of amides is 3. The second-order valence-corrected chi connectivity index (χ2v) is 8.70. The van der Waals surface area contributed by atoms with E-state index in [1.807, 2.05) is 0 Å². The molecule has 3 amide bonds. The molecule has 0 aromatic carbocycles. The third kappa shape index (κ3) is 6.41. The molecule has 11 heteroatoms. The van der Waals surface area contributed by atoms with Gasteiger partial charge >= 0.3 is 5.97 Å².